The Hall–Kier alpha value is -2.38. The van der Waals surface area contributed by atoms with Crippen LogP contribution in [0.1, 0.15) is 20.0 Å². The molecule has 94 valence electrons. The van der Waals surface area contributed by atoms with Crippen molar-refractivity contribution in [1.82, 2.24) is 5.32 Å². The summed E-state index contributed by atoms with van der Waals surface area (Å²) in [6, 6.07) is 12.4. The lowest BCUT2D eigenvalue weighted by atomic mass is 10.2. The monoisotopic (exact) mass is 269 g/mol. The van der Waals surface area contributed by atoms with Gasteiger partial charge in [0, 0.05) is 5.56 Å². The lowest BCUT2D eigenvalue weighted by Crippen LogP contribution is -2.23. The van der Waals surface area contributed by atoms with E-state index in [1.165, 1.54) is 11.3 Å². The van der Waals surface area contributed by atoms with Crippen LogP contribution in [0.15, 0.2) is 47.8 Å². The maximum absolute atomic E-state index is 11.7. The van der Waals surface area contributed by atoms with Crippen LogP contribution in [0.2, 0.25) is 0 Å². The van der Waals surface area contributed by atoms with Gasteiger partial charge in [-0.3, -0.25) is 9.59 Å². The highest BCUT2D eigenvalue weighted by Gasteiger charge is 2.03. The Labute approximate surface area is 115 Å². The number of carbonyl (C=O) groups excluding carboxylic acids is 2. The molecule has 0 fully saturated rings. The maximum Gasteiger partial charge on any atom is 0.252 e. The first-order valence-electron chi connectivity index (χ1n) is 5.67. The molecule has 0 radical (unpaired) electrons. The van der Waals surface area contributed by atoms with E-state index in [2.05, 4.69) is 17.2 Å². The largest absolute Gasteiger partial charge is 0.341 e. The van der Waals surface area contributed by atoms with Crippen molar-refractivity contribution in [2.75, 3.05) is 6.54 Å². The average Bonchev–Trinajstić information content (AvgIpc) is 2.98. The van der Waals surface area contributed by atoms with Crippen molar-refractivity contribution in [1.29, 1.82) is 0 Å². The molecule has 0 spiro atoms. The Bertz CT molecular complexity index is 621. The normalized spacial score (nSPS) is 9.26. The molecule has 19 heavy (non-hydrogen) atoms. The molecule has 1 amide bonds. The molecule has 0 aliphatic heterocycles. The molecule has 2 aromatic rings. The van der Waals surface area contributed by atoms with Crippen LogP contribution in [0.4, 0.5) is 0 Å². The summed E-state index contributed by atoms with van der Waals surface area (Å²) in [6.45, 7) is 0.158. The molecule has 0 bridgehead atoms. The summed E-state index contributed by atoms with van der Waals surface area (Å²) in [6.07, 6.45) is 0. The second-order valence-corrected chi connectivity index (χ2v) is 4.60. The van der Waals surface area contributed by atoms with E-state index in [1.54, 1.807) is 36.4 Å². The van der Waals surface area contributed by atoms with E-state index in [1.807, 2.05) is 11.4 Å². The molecule has 1 aromatic carbocycles. The number of carbonyl (C=O) groups is 2. The Kier molecular flexibility index (Phi) is 4.49. The third-order valence-electron chi connectivity index (χ3n) is 2.32. The fraction of sp³-hybridized carbons (Fsp3) is 0.0667. The molecule has 2 rings (SSSR count). The van der Waals surface area contributed by atoms with E-state index in [0.717, 1.165) is 0 Å². The number of hydrogen-bond acceptors (Lipinski definition) is 3. The Morgan fingerprint density at radius 1 is 1.11 bits per heavy atom. The van der Waals surface area contributed by atoms with Crippen LogP contribution in [-0.2, 0) is 0 Å². The van der Waals surface area contributed by atoms with Crippen LogP contribution in [0.5, 0.6) is 0 Å². The van der Waals surface area contributed by atoms with Gasteiger partial charge in [-0.2, -0.15) is 0 Å². The SMILES string of the molecule is O=C(NCC#CC(=O)c1cccs1)c1ccccc1. The molecular formula is C15H11NO2S. The number of hydrogen-bond donors (Lipinski definition) is 1. The van der Waals surface area contributed by atoms with Crippen molar-refractivity contribution in [3.05, 3.63) is 58.3 Å². The lowest BCUT2D eigenvalue weighted by Gasteiger charge is -1.99. The molecular weight excluding hydrogens is 258 g/mol. The zero-order chi connectivity index (χ0) is 13.5. The molecule has 1 N–H and O–H groups in total. The van der Waals surface area contributed by atoms with E-state index in [-0.39, 0.29) is 18.2 Å². The molecule has 0 saturated heterocycles. The van der Waals surface area contributed by atoms with Gasteiger partial charge in [0.25, 0.3) is 5.91 Å². The number of benzene rings is 1. The minimum Gasteiger partial charge on any atom is -0.341 e. The molecule has 1 aromatic heterocycles. The Balaban J connectivity index is 1.85. The summed E-state index contributed by atoms with van der Waals surface area (Å²) in [5.74, 6) is 4.73. The van der Waals surface area contributed by atoms with Crippen LogP contribution < -0.4 is 5.32 Å². The van der Waals surface area contributed by atoms with Gasteiger partial charge in [-0.05, 0) is 29.5 Å². The van der Waals surface area contributed by atoms with Crippen LogP contribution in [0.3, 0.4) is 0 Å². The number of ketones is 1. The minimum atomic E-state index is -0.219. The summed E-state index contributed by atoms with van der Waals surface area (Å²) in [4.78, 5) is 23.8. The highest BCUT2D eigenvalue weighted by molar-refractivity contribution is 7.12. The van der Waals surface area contributed by atoms with Gasteiger partial charge in [0.15, 0.2) is 0 Å². The van der Waals surface area contributed by atoms with Crippen molar-refractivity contribution < 1.29 is 9.59 Å². The fourth-order valence-electron chi connectivity index (χ4n) is 1.41. The van der Waals surface area contributed by atoms with Crippen molar-refractivity contribution >= 4 is 23.0 Å². The van der Waals surface area contributed by atoms with Gasteiger partial charge in [0.05, 0.1) is 11.4 Å². The van der Waals surface area contributed by atoms with E-state index in [0.29, 0.717) is 10.4 Å². The van der Waals surface area contributed by atoms with Gasteiger partial charge in [-0.1, -0.05) is 30.2 Å². The second-order valence-electron chi connectivity index (χ2n) is 3.66. The number of amides is 1. The van der Waals surface area contributed by atoms with Crippen molar-refractivity contribution in [2.24, 2.45) is 0 Å². The smallest absolute Gasteiger partial charge is 0.252 e. The molecule has 4 heteroatoms. The summed E-state index contributed by atoms with van der Waals surface area (Å²) >= 11 is 1.35. The molecule has 0 saturated carbocycles. The minimum absolute atomic E-state index is 0.158. The summed E-state index contributed by atoms with van der Waals surface area (Å²) < 4.78 is 0. The van der Waals surface area contributed by atoms with Gasteiger partial charge in [0.2, 0.25) is 5.78 Å². The fourth-order valence-corrected chi connectivity index (χ4v) is 2.03. The first kappa shape index (κ1) is 13.1. The standard InChI is InChI=1S/C15H11NO2S/c17-13(14-9-5-11-19-14)8-4-10-16-15(18)12-6-2-1-3-7-12/h1-3,5-7,9,11H,10H2,(H,16,18). The molecule has 0 unspecified atom stereocenters. The number of Topliss-reactive ketones (excluding diaryl/α,β-unsaturated/α-hetero) is 1. The number of rotatable bonds is 3. The van der Waals surface area contributed by atoms with Crippen molar-refractivity contribution in [2.45, 2.75) is 0 Å². The number of thiophene rings is 1. The highest BCUT2D eigenvalue weighted by atomic mass is 32.1. The van der Waals surface area contributed by atoms with E-state index >= 15 is 0 Å². The Morgan fingerprint density at radius 3 is 2.58 bits per heavy atom. The van der Waals surface area contributed by atoms with Crippen molar-refractivity contribution in [3.8, 4) is 11.8 Å². The van der Waals surface area contributed by atoms with Crippen LogP contribution in [0.25, 0.3) is 0 Å². The molecule has 0 atom stereocenters. The van der Waals surface area contributed by atoms with Crippen LogP contribution >= 0.6 is 11.3 Å². The zero-order valence-electron chi connectivity index (χ0n) is 10.1. The van der Waals surface area contributed by atoms with Gasteiger partial charge in [-0.25, -0.2) is 0 Å². The lowest BCUT2D eigenvalue weighted by molar-refractivity contribution is 0.0957. The van der Waals surface area contributed by atoms with Gasteiger partial charge < -0.3 is 5.32 Å². The molecule has 1 heterocycles. The van der Waals surface area contributed by atoms with E-state index < -0.39 is 0 Å². The zero-order valence-corrected chi connectivity index (χ0v) is 10.9. The van der Waals surface area contributed by atoms with E-state index in [9.17, 15) is 9.59 Å². The quantitative estimate of drug-likeness (QED) is 0.528. The predicted molar refractivity (Wildman–Crippen MR) is 75.2 cm³/mol. The average molecular weight is 269 g/mol. The van der Waals surface area contributed by atoms with Gasteiger partial charge in [-0.15, -0.1) is 11.3 Å². The van der Waals surface area contributed by atoms with Crippen molar-refractivity contribution in [3.63, 3.8) is 0 Å². The Morgan fingerprint density at radius 2 is 1.89 bits per heavy atom. The van der Waals surface area contributed by atoms with Gasteiger partial charge in [0.1, 0.15) is 0 Å². The maximum atomic E-state index is 11.7. The van der Waals surface area contributed by atoms with Crippen LogP contribution in [0, 0.1) is 11.8 Å². The van der Waals surface area contributed by atoms with Crippen LogP contribution in [-0.4, -0.2) is 18.2 Å². The first-order valence-corrected chi connectivity index (χ1v) is 6.55. The summed E-state index contributed by atoms with van der Waals surface area (Å²) in [5, 5.41) is 4.46. The topological polar surface area (TPSA) is 46.2 Å². The molecule has 0 aliphatic rings. The first-order chi connectivity index (χ1) is 9.27. The van der Waals surface area contributed by atoms with Gasteiger partial charge >= 0.3 is 0 Å². The number of nitrogens with one attached hydrogen (secondary N) is 1. The second kappa shape index (κ2) is 6.53. The summed E-state index contributed by atoms with van der Waals surface area (Å²) in [7, 11) is 0. The third kappa shape index (κ3) is 3.80. The molecule has 3 nitrogen and oxygen atoms in total. The summed E-state index contributed by atoms with van der Waals surface area (Å²) in [5.41, 5.74) is 0.578. The third-order valence-corrected chi connectivity index (χ3v) is 3.19. The predicted octanol–water partition coefficient (Wildman–Crippen LogP) is 2.36. The highest BCUT2D eigenvalue weighted by Crippen LogP contribution is 2.08. The van der Waals surface area contributed by atoms with E-state index in [4.69, 9.17) is 0 Å². The molecule has 0 aliphatic carbocycles.